The highest BCUT2D eigenvalue weighted by molar-refractivity contribution is 6.03. The number of carbonyl (C=O) groups is 2. The zero-order valence-corrected chi connectivity index (χ0v) is 14.7. The Labute approximate surface area is 155 Å². The molecule has 0 radical (unpaired) electrons. The normalized spacial score (nSPS) is 16.6. The first kappa shape index (κ1) is 16.9. The summed E-state index contributed by atoms with van der Waals surface area (Å²) < 4.78 is 1.51. The first-order valence-electron chi connectivity index (χ1n) is 8.61. The van der Waals surface area contributed by atoms with E-state index in [1.807, 2.05) is 43.3 Å². The SMILES string of the molecule is Cc1cccc(N2CC(C(=O)Nc3cccc(-n4cnnn4)c3)CC2=O)c1. The van der Waals surface area contributed by atoms with Gasteiger partial charge in [-0.1, -0.05) is 18.2 Å². The van der Waals surface area contributed by atoms with E-state index in [-0.39, 0.29) is 18.2 Å². The van der Waals surface area contributed by atoms with Crippen molar-refractivity contribution in [2.45, 2.75) is 13.3 Å². The van der Waals surface area contributed by atoms with E-state index in [9.17, 15) is 9.59 Å². The van der Waals surface area contributed by atoms with Crippen molar-refractivity contribution in [2.75, 3.05) is 16.8 Å². The summed E-state index contributed by atoms with van der Waals surface area (Å²) in [5.74, 6) is -0.606. The Bertz CT molecular complexity index is 985. The number of hydrogen-bond donors (Lipinski definition) is 1. The van der Waals surface area contributed by atoms with Crippen LogP contribution in [0.4, 0.5) is 11.4 Å². The van der Waals surface area contributed by atoms with Crippen molar-refractivity contribution in [1.29, 1.82) is 0 Å². The summed E-state index contributed by atoms with van der Waals surface area (Å²) in [6.07, 6.45) is 1.68. The van der Waals surface area contributed by atoms with Gasteiger partial charge in [-0.15, -0.1) is 5.10 Å². The summed E-state index contributed by atoms with van der Waals surface area (Å²) in [6, 6.07) is 15.0. The van der Waals surface area contributed by atoms with Gasteiger partial charge in [-0.25, -0.2) is 4.68 Å². The Hall–Kier alpha value is -3.55. The first-order valence-corrected chi connectivity index (χ1v) is 8.61. The van der Waals surface area contributed by atoms with Crippen molar-refractivity contribution >= 4 is 23.2 Å². The lowest BCUT2D eigenvalue weighted by Crippen LogP contribution is -2.28. The van der Waals surface area contributed by atoms with E-state index in [0.29, 0.717) is 12.2 Å². The monoisotopic (exact) mass is 362 g/mol. The highest BCUT2D eigenvalue weighted by Gasteiger charge is 2.35. The molecule has 2 heterocycles. The number of nitrogens with zero attached hydrogens (tertiary/aromatic N) is 5. The lowest BCUT2D eigenvalue weighted by molar-refractivity contribution is -0.122. The molecule has 2 aromatic carbocycles. The third kappa shape index (κ3) is 3.55. The smallest absolute Gasteiger partial charge is 0.229 e. The molecule has 136 valence electrons. The molecule has 1 atom stereocenters. The summed E-state index contributed by atoms with van der Waals surface area (Å²) in [7, 11) is 0. The van der Waals surface area contributed by atoms with Crippen LogP contribution >= 0.6 is 0 Å². The number of benzene rings is 2. The lowest BCUT2D eigenvalue weighted by atomic mass is 10.1. The minimum atomic E-state index is -0.394. The predicted molar refractivity (Wildman–Crippen MR) is 99.4 cm³/mol. The van der Waals surface area contributed by atoms with Gasteiger partial charge in [0.05, 0.1) is 11.6 Å². The van der Waals surface area contributed by atoms with Gasteiger partial charge in [0.25, 0.3) is 0 Å². The van der Waals surface area contributed by atoms with E-state index >= 15 is 0 Å². The van der Waals surface area contributed by atoms with E-state index < -0.39 is 5.92 Å². The molecule has 1 aliphatic heterocycles. The fourth-order valence-corrected chi connectivity index (χ4v) is 3.18. The first-order chi connectivity index (χ1) is 13.1. The van der Waals surface area contributed by atoms with Gasteiger partial charge in [-0.05, 0) is 53.2 Å². The maximum atomic E-state index is 12.7. The maximum absolute atomic E-state index is 12.7. The molecule has 0 saturated carbocycles. The fraction of sp³-hybridized carbons (Fsp3) is 0.211. The fourth-order valence-electron chi connectivity index (χ4n) is 3.18. The third-order valence-electron chi connectivity index (χ3n) is 4.54. The molecule has 1 aliphatic rings. The average molecular weight is 362 g/mol. The predicted octanol–water partition coefficient (Wildman–Crippen LogP) is 1.96. The maximum Gasteiger partial charge on any atom is 0.229 e. The summed E-state index contributed by atoms with van der Waals surface area (Å²) >= 11 is 0. The molecule has 1 fully saturated rings. The van der Waals surface area contributed by atoms with Gasteiger partial charge in [0.1, 0.15) is 6.33 Å². The molecule has 1 unspecified atom stereocenters. The molecule has 1 aromatic heterocycles. The molecule has 8 nitrogen and oxygen atoms in total. The molecule has 3 aromatic rings. The van der Waals surface area contributed by atoms with E-state index in [4.69, 9.17) is 0 Å². The van der Waals surface area contributed by atoms with Crippen molar-refractivity contribution in [3.63, 3.8) is 0 Å². The molecule has 27 heavy (non-hydrogen) atoms. The van der Waals surface area contributed by atoms with Gasteiger partial charge < -0.3 is 10.2 Å². The molecule has 8 heteroatoms. The van der Waals surface area contributed by atoms with E-state index in [2.05, 4.69) is 20.8 Å². The standard InChI is InChI=1S/C19H18N6O2/c1-13-4-2-6-16(8-13)24-11-14(9-18(24)26)19(27)21-15-5-3-7-17(10-15)25-12-20-22-23-25/h2-8,10,12,14H,9,11H2,1H3,(H,21,27). The topological polar surface area (TPSA) is 93.0 Å². The van der Waals surface area contributed by atoms with Crippen LogP contribution in [0.1, 0.15) is 12.0 Å². The molecule has 4 rings (SSSR count). The minimum absolute atomic E-state index is 0.0387. The largest absolute Gasteiger partial charge is 0.326 e. The van der Waals surface area contributed by atoms with Gasteiger partial charge in [-0.3, -0.25) is 9.59 Å². The lowest BCUT2D eigenvalue weighted by Gasteiger charge is -2.17. The van der Waals surface area contributed by atoms with Gasteiger partial charge in [0, 0.05) is 24.3 Å². The summed E-state index contributed by atoms with van der Waals surface area (Å²) in [4.78, 5) is 26.7. The molecular formula is C19H18N6O2. The van der Waals surface area contributed by atoms with Crippen LogP contribution in [0.15, 0.2) is 54.9 Å². The minimum Gasteiger partial charge on any atom is -0.326 e. The van der Waals surface area contributed by atoms with Crippen molar-refractivity contribution in [3.8, 4) is 5.69 Å². The molecule has 1 N–H and O–H groups in total. The van der Waals surface area contributed by atoms with Gasteiger partial charge >= 0.3 is 0 Å². The van der Waals surface area contributed by atoms with Gasteiger partial charge in [-0.2, -0.15) is 0 Å². The van der Waals surface area contributed by atoms with Crippen LogP contribution < -0.4 is 10.2 Å². The van der Waals surface area contributed by atoms with Crippen LogP contribution in [0.25, 0.3) is 5.69 Å². The highest BCUT2D eigenvalue weighted by atomic mass is 16.2. The number of nitrogens with one attached hydrogen (secondary N) is 1. The van der Waals surface area contributed by atoms with Gasteiger partial charge in [0.15, 0.2) is 0 Å². The Balaban J connectivity index is 1.46. The Morgan fingerprint density at radius 2 is 1.96 bits per heavy atom. The number of anilines is 2. The number of aryl methyl sites for hydroxylation is 1. The second-order valence-electron chi connectivity index (χ2n) is 6.54. The van der Waals surface area contributed by atoms with Crippen molar-refractivity contribution < 1.29 is 9.59 Å². The van der Waals surface area contributed by atoms with E-state index in [1.54, 1.807) is 17.0 Å². The Morgan fingerprint density at radius 3 is 2.74 bits per heavy atom. The van der Waals surface area contributed by atoms with E-state index in [0.717, 1.165) is 16.9 Å². The molecule has 1 saturated heterocycles. The number of amides is 2. The van der Waals surface area contributed by atoms with Crippen molar-refractivity contribution in [3.05, 3.63) is 60.4 Å². The van der Waals surface area contributed by atoms with E-state index in [1.165, 1.54) is 11.0 Å². The van der Waals surface area contributed by atoms with Crippen LogP contribution in [0.3, 0.4) is 0 Å². The zero-order chi connectivity index (χ0) is 18.8. The highest BCUT2D eigenvalue weighted by Crippen LogP contribution is 2.27. The Morgan fingerprint density at radius 1 is 1.15 bits per heavy atom. The molecule has 0 spiro atoms. The van der Waals surface area contributed by atoms with Crippen LogP contribution in [0.2, 0.25) is 0 Å². The van der Waals surface area contributed by atoms with Crippen molar-refractivity contribution in [2.24, 2.45) is 5.92 Å². The second-order valence-corrected chi connectivity index (χ2v) is 6.54. The average Bonchev–Trinajstić information content (AvgIpc) is 3.32. The number of carbonyl (C=O) groups excluding carboxylic acids is 2. The van der Waals surface area contributed by atoms with Gasteiger partial charge in [0.2, 0.25) is 11.8 Å². The molecule has 0 aliphatic carbocycles. The number of hydrogen-bond acceptors (Lipinski definition) is 5. The van der Waals surface area contributed by atoms with Crippen LogP contribution in [0, 0.1) is 12.8 Å². The van der Waals surface area contributed by atoms with Crippen LogP contribution in [-0.4, -0.2) is 38.6 Å². The Kier molecular flexibility index (Phi) is 4.37. The van der Waals surface area contributed by atoms with Crippen LogP contribution in [0.5, 0.6) is 0 Å². The molecule has 2 amide bonds. The summed E-state index contributed by atoms with van der Waals surface area (Å²) in [5, 5.41) is 13.9. The quantitative estimate of drug-likeness (QED) is 0.766. The number of tetrazole rings is 1. The number of rotatable bonds is 4. The molecule has 0 bridgehead atoms. The third-order valence-corrected chi connectivity index (χ3v) is 4.54. The number of aromatic nitrogens is 4. The summed E-state index contributed by atoms with van der Waals surface area (Å²) in [5.41, 5.74) is 3.28. The summed E-state index contributed by atoms with van der Waals surface area (Å²) in [6.45, 7) is 2.35. The zero-order valence-electron chi connectivity index (χ0n) is 14.7. The molecular weight excluding hydrogens is 344 g/mol. The van der Waals surface area contributed by atoms with Crippen molar-refractivity contribution in [1.82, 2.24) is 20.2 Å². The van der Waals surface area contributed by atoms with Crippen LogP contribution in [-0.2, 0) is 9.59 Å². The second kappa shape index (κ2) is 6.99.